The lowest BCUT2D eigenvalue weighted by molar-refractivity contribution is -0.185. The molecule has 0 spiro atoms. The molecule has 0 amide bonds. The van der Waals surface area contributed by atoms with Crippen LogP contribution in [0.5, 0.6) is 0 Å². The molecule has 0 bridgehead atoms. The van der Waals surface area contributed by atoms with Crippen LogP contribution >= 0.6 is 0 Å². The fourth-order valence-corrected chi connectivity index (χ4v) is 1.03. The monoisotopic (exact) mass is 157 g/mol. The van der Waals surface area contributed by atoms with Crippen molar-refractivity contribution in [2.45, 2.75) is 38.2 Å². The third kappa shape index (κ3) is 1.71. The van der Waals surface area contributed by atoms with E-state index in [0.29, 0.717) is 19.4 Å². The molecule has 11 heavy (non-hydrogen) atoms. The van der Waals surface area contributed by atoms with Gasteiger partial charge in [0, 0.05) is 0 Å². The molecule has 0 aromatic carbocycles. The van der Waals surface area contributed by atoms with E-state index in [4.69, 9.17) is 4.74 Å². The number of esters is 1. The summed E-state index contributed by atoms with van der Waals surface area (Å²) in [4.78, 5) is 11.0. The van der Waals surface area contributed by atoms with E-state index in [2.05, 4.69) is 0 Å². The lowest BCUT2D eigenvalue weighted by Gasteiger charge is -2.30. The van der Waals surface area contributed by atoms with Crippen LogP contribution in [-0.4, -0.2) is 18.2 Å². The summed E-state index contributed by atoms with van der Waals surface area (Å²) in [5, 5.41) is 11.3. The first-order valence-corrected chi connectivity index (χ1v) is 4.07. The van der Waals surface area contributed by atoms with Crippen molar-refractivity contribution in [1.82, 2.24) is 0 Å². The second-order valence-electron chi connectivity index (χ2n) is 2.98. The first-order chi connectivity index (χ1) is 5.19. The van der Waals surface area contributed by atoms with Crippen molar-refractivity contribution in [3.8, 4) is 0 Å². The molecule has 1 saturated carbocycles. The summed E-state index contributed by atoms with van der Waals surface area (Å²) in [6.07, 6.45) is 2.55. The molecule has 1 fully saturated rings. The zero-order chi connectivity index (χ0) is 8.32. The molecule has 0 heterocycles. The Balaban J connectivity index is 2.28. The lowest BCUT2D eigenvalue weighted by Crippen LogP contribution is -2.45. The van der Waals surface area contributed by atoms with Gasteiger partial charge in [0.05, 0.1) is 6.61 Å². The van der Waals surface area contributed by atoms with E-state index in [1.54, 1.807) is 0 Å². The molecular weight excluding hydrogens is 144 g/mol. The Labute approximate surface area is 66.4 Å². The van der Waals surface area contributed by atoms with Gasteiger partial charge >= 0.3 is 5.97 Å². The van der Waals surface area contributed by atoms with Crippen LogP contribution in [0.15, 0.2) is 0 Å². The van der Waals surface area contributed by atoms with Crippen LogP contribution in [0.4, 0.5) is 0 Å². The van der Waals surface area contributed by atoms with Crippen molar-refractivity contribution in [1.29, 1.82) is 0 Å². The minimum atomic E-state index is -1.38. The van der Waals surface area contributed by atoms with Crippen molar-refractivity contribution in [2.75, 3.05) is 6.61 Å². The van der Waals surface area contributed by atoms with Gasteiger partial charge in [-0.2, -0.15) is 0 Å². The molecule has 1 aliphatic rings. The fraction of sp³-hybridized carbons (Fsp3) is 0.875. The minimum absolute atomic E-state index is 0.378. The Morgan fingerprint density at radius 2 is 2.18 bits per heavy atom. The van der Waals surface area contributed by atoms with E-state index in [1.807, 2.05) is 6.92 Å². The largest absolute Gasteiger partial charge is 0.463 e. The molecule has 63 valence electrons. The van der Waals surface area contributed by atoms with E-state index < -0.39 is 11.6 Å². The highest BCUT2D eigenvalue weighted by molar-refractivity contribution is 5.80. The maximum Gasteiger partial charge on any atom is 0.341 e. The van der Waals surface area contributed by atoms with Crippen molar-refractivity contribution in [2.24, 2.45) is 0 Å². The number of ether oxygens (including phenoxy) is 1. The molecular formula is C8H13O3. The van der Waals surface area contributed by atoms with E-state index in [-0.39, 0.29) is 0 Å². The summed E-state index contributed by atoms with van der Waals surface area (Å²) in [6, 6.07) is 0. The summed E-state index contributed by atoms with van der Waals surface area (Å²) < 4.78 is 4.75. The average Bonchev–Trinajstić information content (AvgIpc) is 1.95. The van der Waals surface area contributed by atoms with Gasteiger partial charge in [-0.15, -0.1) is 0 Å². The molecule has 0 aromatic heterocycles. The van der Waals surface area contributed by atoms with Crippen molar-refractivity contribution >= 4 is 5.97 Å². The van der Waals surface area contributed by atoms with Gasteiger partial charge in [0.25, 0.3) is 0 Å². The van der Waals surface area contributed by atoms with Gasteiger partial charge in [-0.3, -0.25) is 0 Å². The van der Waals surface area contributed by atoms with E-state index in [0.717, 1.165) is 12.8 Å². The number of rotatable bonds is 3. The molecule has 1 aliphatic carbocycles. The second-order valence-corrected chi connectivity index (χ2v) is 2.98. The number of hydrogen-bond acceptors (Lipinski definition) is 2. The lowest BCUT2D eigenvalue weighted by atomic mass is 9.80. The summed E-state index contributed by atoms with van der Waals surface area (Å²) in [5.74, 6) is -0.550. The third-order valence-electron chi connectivity index (χ3n) is 1.97. The van der Waals surface area contributed by atoms with E-state index in [1.165, 1.54) is 0 Å². The Morgan fingerprint density at radius 3 is 2.55 bits per heavy atom. The number of carbonyl (C=O) groups excluding carboxylic acids is 1. The molecule has 0 unspecified atom stereocenters. The zero-order valence-electron chi connectivity index (χ0n) is 6.76. The summed E-state index contributed by atoms with van der Waals surface area (Å²) in [7, 11) is 0. The van der Waals surface area contributed by atoms with Crippen LogP contribution in [-0.2, 0) is 14.6 Å². The molecule has 0 saturated heterocycles. The van der Waals surface area contributed by atoms with Crippen molar-refractivity contribution in [3.05, 3.63) is 0 Å². The maximum atomic E-state index is 11.3. The summed E-state index contributed by atoms with van der Waals surface area (Å²) in [6.45, 7) is 2.29. The number of carbonyl (C=O) groups is 1. The van der Waals surface area contributed by atoms with Crippen LogP contribution in [0.1, 0.15) is 32.6 Å². The van der Waals surface area contributed by atoms with Gasteiger partial charge in [-0.1, -0.05) is 6.92 Å². The quantitative estimate of drug-likeness (QED) is 0.579. The maximum absolute atomic E-state index is 11.3. The molecule has 0 aromatic rings. The predicted molar refractivity (Wildman–Crippen MR) is 38.5 cm³/mol. The first kappa shape index (κ1) is 8.53. The highest BCUT2D eigenvalue weighted by atomic mass is 16.5. The van der Waals surface area contributed by atoms with Crippen LogP contribution in [0.25, 0.3) is 0 Å². The minimum Gasteiger partial charge on any atom is -0.463 e. The van der Waals surface area contributed by atoms with Gasteiger partial charge in [0.15, 0.2) is 5.60 Å². The Morgan fingerprint density at radius 1 is 1.55 bits per heavy atom. The van der Waals surface area contributed by atoms with Gasteiger partial charge in [-0.05, 0) is 25.7 Å². The zero-order valence-corrected chi connectivity index (χ0v) is 6.76. The highest BCUT2D eigenvalue weighted by Crippen LogP contribution is 2.33. The Bertz CT molecular complexity index is 149. The molecule has 0 atom stereocenters. The second kappa shape index (κ2) is 3.22. The van der Waals surface area contributed by atoms with Crippen LogP contribution in [0.2, 0.25) is 0 Å². The topological polar surface area (TPSA) is 46.2 Å². The Hall–Kier alpha value is -0.570. The SMILES string of the molecule is CCCOC(=O)C1([O])CCC1. The molecule has 0 N–H and O–H groups in total. The third-order valence-corrected chi connectivity index (χ3v) is 1.97. The van der Waals surface area contributed by atoms with E-state index in [9.17, 15) is 9.90 Å². The molecule has 3 heteroatoms. The molecule has 0 aliphatic heterocycles. The summed E-state index contributed by atoms with van der Waals surface area (Å²) in [5.41, 5.74) is -1.38. The first-order valence-electron chi connectivity index (χ1n) is 4.07. The normalized spacial score (nSPS) is 20.5. The summed E-state index contributed by atoms with van der Waals surface area (Å²) >= 11 is 0. The highest BCUT2D eigenvalue weighted by Gasteiger charge is 2.45. The fourth-order valence-electron chi connectivity index (χ4n) is 1.03. The van der Waals surface area contributed by atoms with Gasteiger partial charge in [-0.25, -0.2) is 9.90 Å². The average molecular weight is 157 g/mol. The molecule has 1 radical (unpaired) electrons. The van der Waals surface area contributed by atoms with Crippen molar-refractivity contribution < 1.29 is 14.6 Å². The molecule has 1 rings (SSSR count). The van der Waals surface area contributed by atoms with Crippen molar-refractivity contribution in [3.63, 3.8) is 0 Å². The number of hydrogen-bond donors (Lipinski definition) is 0. The standard InChI is InChI=1S/C8H13O3/c1-2-6-11-7(9)8(10)4-3-5-8/h2-6H2,1H3. The van der Waals surface area contributed by atoms with Gasteiger partial charge < -0.3 is 4.74 Å². The van der Waals surface area contributed by atoms with Crippen LogP contribution < -0.4 is 0 Å². The van der Waals surface area contributed by atoms with Crippen LogP contribution in [0.3, 0.4) is 0 Å². The van der Waals surface area contributed by atoms with E-state index >= 15 is 0 Å². The Kier molecular flexibility index (Phi) is 2.49. The van der Waals surface area contributed by atoms with Crippen LogP contribution in [0, 0.1) is 0 Å². The molecule has 3 nitrogen and oxygen atoms in total. The predicted octanol–water partition coefficient (Wildman–Crippen LogP) is 1.29. The smallest absolute Gasteiger partial charge is 0.341 e. The van der Waals surface area contributed by atoms with Gasteiger partial charge in [0.2, 0.25) is 0 Å². The van der Waals surface area contributed by atoms with Gasteiger partial charge in [0.1, 0.15) is 0 Å².